The Morgan fingerprint density at radius 3 is 2.75 bits per heavy atom. The summed E-state index contributed by atoms with van der Waals surface area (Å²) >= 11 is 1.54. The number of pyridine rings is 1. The van der Waals surface area contributed by atoms with Crippen molar-refractivity contribution >= 4 is 11.8 Å². The van der Waals surface area contributed by atoms with Crippen LogP contribution >= 0.6 is 11.8 Å². The molecule has 3 aromatic rings. The Morgan fingerprint density at radius 2 is 1.92 bits per heavy atom. The molecule has 0 spiro atoms. The van der Waals surface area contributed by atoms with Crippen molar-refractivity contribution in [2.45, 2.75) is 25.5 Å². The van der Waals surface area contributed by atoms with E-state index in [1.165, 1.54) is 5.56 Å². The highest BCUT2D eigenvalue weighted by atomic mass is 32.2. The molecular weight excluding hydrogens is 322 g/mol. The average Bonchev–Trinajstić information content (AvgIpc) is 3.07. The van der Waals surface area contributed by atoms with E-state index in [0.717, 1.165) is 29.1 Å². The van der Waals surface area contributed by atoms with Crippen LogP contribution in [0.25, 0.3) is 11.5 Å². The Hall–Kier alpha value is -2.34. The second kappa shape index (κ2) is 7.97. The molecule has 0 atom stereocenters. The fourth-order valence-corrected chi connectivity index (χ4v) is 2.82. The minimum absolute atomic E-state index is 0.520. The van der Waals surface area contributed by atoms with Crippen molar-refractivity contribution in [2.75, 3.05) is 12.4 Å². The number of hydrogen-bond acceptors (Lipinski definition) is 6. The van der Waals surface area contributed by atoms with Gasteiger partial charge in [0.2, 0.25) is 5.89 Å². The van der Waals surface area contributed by atoms with Gasteiger partial charge in [-0.1, -0.05) is 23.9 Å². The lowest BCUT2D eigenvalue weighted by Crippen LogP contribution is -2.00. The van der Waals surface area contributed by atoms with E-state index in [4.69, 9.17) is 9.15 Å². The van der Waals surface area contributed by atoms with Crippen molar-refractivity contribution in [3.8, 4) is 17.2 Å². The van der Waals surface area contributed by atoms with E-state index >= 15 is 0 Å². The van der Waals surface area contributed by atoms with E-state index in [9.17, 15) is 0 Å². The van der Waals surface area contributed by atoms with Gasteiger partial charge in [-0.05, 0) is 49.6 Å². The summed E-state index contributed by atoms with van der Waals surface area (Å²) in [7, 11) is 0. The summed E-state index contributed by atoms with van der Waals surface area (Å²) < 4.78 is 11.5. The summed E-state index contributed by atoms with van der Waals surface area (Å²) in [5, 5.41) is 8.69. The predicted octanol–water partition coefficient (Wildman–Crippen LogP) is 4.31. The molecule has 124 valence electrons. The molecule has 2 aromatic heterocycles. The van der Waals surface area contributed by atoms with E-state index in [2.05, 4.69) is 47.2 Å². The van der Waals surface area contributed by atoms with Crippen molar-refractivity contribution in [2.24, 2.45) is 0 Å². The second-order valence-corrected chi connectivity index (χ2v) is 6.47. The summed E-state index contributed by atoms with van der Waals surface area (Å²) in [5.74, 6) is 2.34. The van der Waals surface area contributed by atoms with Gasteiger partial charge in [0.25, 0.3) is 5.22 Å². The molecule has 0 unspecified atom stereocenters. The number of nitrogens with zero attached hydrogens (tertiary/aromatic N) is 3. The molecule has 24 heavy (non-hydrogen) atoms. The average molecular weight is 341 g/mol. The lowest BCUT2D eigenvalue weighted by Gasteiger charge is -2.09. The molecule has 2 heterocycles. The van der Waals surface area contributed by atoms with Crippen LogP contribution < -0.4 is 4.74 Å². The molecule has 0 aliphatic rings. The maximum atomic E-state index is 5.84. The first kappa shape index (κ1) is 16.5. The molecule has 6 heteroatoms. The third-order valence-electron chi connectivity index (χ3n) is 3.45. The topological polar surface area (TPSA) is 61.0 Å². The number of aryl methyl sites for hydroxylation is 2. The zero-order valence-corrected chi connectivity index (χ0v) is 14.5. The number of benzene rings is 1. The van der Waals surface area contributed by atoms with E-state index in [1.807, 2.05) is 12.1 Å². The number of ether oxygens (including phenoxy) is 1. The Bertz CT molecular complexity index is 790. The van der Waals surface area contributed by atoms with Gasteiger partial charge in [-0.15, -0.1) is 10.2 Å². The van der Waals surface area contributed by atoms with Crippen molar-refractivity contribution in [3.63, 3.8) is 0 Å². The maximum absolute atomic E-state index is 5.84. The maximum Gasteiger partial charge on any atom is 0.276 e. The molecule has 0 radical (unpaired) electrons. The second-order valence-electron chi connectivity index (χ2n) is 5.43. The predicted molar refractivity (Wildman–Crippen MR) is 94.3 cm³/mol. The lowest BCUT2D eigenvalue weighted by atomic mass is 10.1. The van der Waals surface area contributed by atoms with Crippen LogP contribution in [0.5, 0.6) is 5.75 Å². The minimum Gasteiger partial charge on any atom is -0.493 e. The van der Waals surface area contributed by atoms with Gasteiger partial charge in [0.15, 0.2) is 0 Å². The van der Waals surface area contributed by atoms with Gasteiger partial charge in [0.05, 0.1) is 6.61 Å². The molecule has 0 amide bonds. The third kappa shape index (κ3) is 4.35. The van der Waals surface area contributed by atoms with Gasteiger partial charge in [-0.3, -0.25) is 4.98 Å². The molecule has 5 nitrogen and oxygen atoms in total. The zero-order chi connectivity index (χ0) is 16.8. The highest BCUT2D eigenvalue weighted by molar-refractivity contribution is 7.99. The molecular formula is C18H19N3O2S. The number of aromatic nitrogens is 3. The zero-order valence-electron chi connectivity index (χ0n) is 13.7. The Morgan fingerprint density at radius 1 is 1.08 bits per heavy atom. The summed E-state index contributed by atoms with van der Waals surface area (Å²) in [6, 6.07) is 9.94. The molecule has 0 saturated heterocycles. The van der Waals surface area contributed by atoms with Gasteiger partial charge in [-0.25, -0.2) is 0 Å². The number of thioether (sulfide) groups is 1. The highest BCUT2D eigenvalue weighted by Crippen LogP contribution is 2.23. The van der Waals surface area contributed by atoms with E-state index < -0.39 is 0 Å². The van der Waals surface area contributed by atoms with E-state index in [1.54, 1.807) is 24.2 Å². The van der Waals surface area contributed by atoms with E-state index in [-0.39, 0.29) is 0 Å². The van der Waals surface area contributed by atoms with Crippen molar-refractivity contribution in [1.82, 2.24) is 15.2 Å². The minimum atomic E-state index is 0.520. The summed E-state index contributed by atoms with van der Waals surface area (Å²) in [6.45, 7) is 4.79. The van der Waals surface area contributed by atoms with Gasteiger partial charge in [0, 0.05) is 23.7 Å². The van der Waals surface area contributed by atoms with Crippen LogP contribution in [0.3, 0.4) is 0 Å². The van der Waals surface area contributed by atoms with Gasteiger partial charge < -0.3 is 9.15 Å². The van der Waals surface area contributed by atoms with Crippen LogP contribution in [0.2, 0.25) is 0 Å². The SMILES string of the molecule is Cc1ccc(C)c(OCCCSc2nnc(-c3ccncc3)o2)c1. The first-order valence-electron chi connectivity index (χ1n) is 7.79. The number of hydrogen-bond donors (Lipinski definition) is 0. The van der Waals surface area contributed by atoms with Crippen LogP contribution in [-0.4, -0.2) is 27.5 Å². The van der Waals surface area contributed by atoms with Crippen molar-refractivity contribution < 1.29 is 9.15 Å². The van der Waals surface area contributed by atoms with Crippen LogP contribution in [0.15, 0.2) is 52.4 Å². The smallest absolute Gasteiger partial charge is 0.276 e. The molecule has 0 aliphatic carbocycles. The summed E-state index contributed by atoms with van der Waals surface area (Å²) in [5.41, 5.74) is 3.24. The van der Waals surface area contributed by atoms with Crippen molar-refractivity contribution in [3.05, 3.63) is 53.9 Å². The fraction of sp³-hybridized carbons (Fsp3) is 0.278. The quantitative estimate of drug-likeness (QED) is 0.471. The normalized spacial score (nSPS) is 10.8. The van der Waals surface area contributed by atoms with E-state index in [0.29, 0.717) is 17.7 Å². The monoisotopic (exact) mass is 341 g/mol. The highest BCUT2D eigenvalue weighted by Gasteiger charge is 2.08. The lowest BCUT2D eigenvalue weighted by molar-refractivity contribution is 0.316. The Balaban J connectivity index is 1.44. The molecule has 3 rings (SSSR count). The summed E-state index contributed by atoms with van der Waals surface area (Å²) in [6.07, 6.45) is 4.32. The molecule has 0 fully saturated rings. The largest absolute Gasteiger partial charge is 0.493 e. The van der Waals surface area contributed by atoms with Gasteiger partial charge in [0.1, 0.15) is 5.75 Å². The fourth-order valence-electron chi connectivity index (χ4n) is 2.14. The standard InChI is InChI=1S/C18H19N3O2S/c1-13-4-5-14(2)16(12-13)22-10-3-11-24-18-21-20-17(23-18)15-6-8-19-9-7-15/h4-9,12H,3,10-11H2,1-2H3. The van der Waals surface area contributed by atoms with Crippen LogP contribution in [0.1, 0.15) is 17.5 Å². The van der Waals surface area contributed by atoms with Crippen molar-refractivity contribution in [1.29, 1.82) is 0 Å². The molecule has 1 aromatic carbocycles. The third-order valence-corrected chi connectivity index (χ3v) is 4.35. The molecule has 0 aliphatic heterocycles. The van der Waals surface area contributed by atoms with Crippen LogP contribution in [0, 0.1) is 13.8 Å². The Labute approximate surface area is 145 Å². The first-order chi connectivity index (χ1) is 11.7. The summed E-state index contributed by atoms with van der Waals surface area (Å²) in [4.78, 5) is 3.98. The molecule has 0 saturated carbocycles. The van der Waals surface area contributed by atoms with Gasteiger partial charge in [-0.2, -0.15) is 0 Å². The van der Waals surface area contributed by atoms with Gasteiger partial charge >= 0.3 is 0 Å². The first-order valence-corrected chi connectivity index (χ1v) is 8.78. The molecule has 0 N–H and O–H groups in total. The van der Waals surface area contributed by atoms with Crippen LogP contribution in [-0.2, 0) is 0 Å². The number of rotatable bonds is 7. The Kier molecular flexibility index (Phi) is 5.48. The molecule has 0 bridgehead atoms. The van der Waals surface area contributed by atoms with Crippen LogP contribution in [0.4, 0.5) is 0 Å².